The van der Waals surface area contributed by atoms with Gasteiger partial charge in [0.15, 0.2) is 11.9 Å². The van der Waals surface area contributed by atoms with E-state index in [4.69, 9.17) is 9.84 Å². The number of aliphatic carboxylic acids is 1. The lowest BCUT2D eigenvalue weighted by molar-refractivity contribution is -0.159. The highest BCUT2D eigenvalue weighted by atomic mass is 16.5. The van der Waals surface area contributed by atoms with E-state index in [0.29, 0.717) is 6.54 Å². The molecule has 0 spiro atoms. The maximum atomic E-state index is 12.1. The second-order valence-electron chi connectivity index (χ2n) is 4.41. The summed E-state index contributed by atoms with van der Waals surface area (Å²) in [4.78, 5) is 36.4. The Balaban J connectivity index is 1.91. The van der Waals surface area contributed by atoms with E-state index in [1.54, 1.807) is 0 Å². The number of carboxylic acid groups (broad SMARTS) is 1. The van der Waals surface area contributed by atoms with Crippen molar-refractivity contribution in [2.24, 2.45) is 0 Å². The zero-order chi connectivity index (χ0) is 16.1. The molecule has 1 aliphatic rings. The largest absolute Gasteiger partial charge is 0.479 e. The van der Waals surface area contributed by atoms with Gasteiger partial charge in [0.05, 0.1) is 26.5 Å². The van der Waals surface area contributed by atoms with Gasteiger partial charge in [0, 0.05) is 6.54 Å². The van der Waals surface area contributed by atoms with Crippen LogP contribution in [0.15, 0.2) is 6.20 Å². The number of nitrogens with zero attached hydrogens (tertiary/aromatic N) is 4. The first-order valence-electron chi connectivity index (χ1n) is 6.37. The molecule has 11 heteroatoms. The fraction of sp³-hybridized carbons (Fsp3) is 0.545. The van der Waals surface area contributed by atoms with Gasteiger partial charge < -0.3 is 19.5 Å². The lowest BCUT2D eigenvalue weighted by atomic mass is 10.2. The van der Waals surface area contributed by atoms with Crippen LogP contribution in [-0.4, -0.2) is 75.9 Å². The molecular weight excluding hydrogens is 298 g/mol. The number of aromatic nitrogens is 3. The number of carbonyl (C=O) groups is 3. The third kappa shape index (κ3) is 3.91. The molecule has 0 bridgehead atoms. The highest BCUT2D eigenvalue weighted by molar-refractivity contribution is 5.83. The van der Waals surface area contributed by atoms with Crippen LogP contribution in [-0.2, 0) is 25.6 Å². The van der Waals surface area contributed by atoms with Crippen LogP contribution in [0.2, 0.25) is 0 Å². The number of rotatable bonds is 4. The number of amides is 2. The molecule has 1 aromatic rings. The van der Waals surface area contributed by atoms with E-state index in [2.05, 4.69) is 20.3 Å². The molecule has 1 aromatic heterocycles. The van der Waals surface area contributed by atoms with Crippen LogP contribution in [0.3, 0.4) is 0 Å². The molecule has 1 unspecified atom stereocenters. The molecule has 120 valence electrons. The number of carbonyl (C=O) groups excluding carboxylic acids is 2. The van der Waals surface area contributed by atoms with Gasteiger partial charge in [-0.3, -0.25) is 10.1 Å². The molecule has 2 heterocycles. The Morgan fingerprint density at radius 1 is 1.55 bits per heavy atom. The molecule has 2 amide bonds. The van der Waals surface area contributed by atoms with Gasteiger partial charge in [-0.15, -0.1) is 5.10 Å². The van der Waals surface area contributed by atoms with E-state index in [1.165, 1.54) is 18.2 Å². The average molecular weight is 313 g/mol. The summed E-state index contributed by atoms with van der Waals surface area (Å²) < 4.78 is 9.44. The highest BCUT2D eigenvalue weighted by Gasteiger charge is 2.29. The van der Waals surface area contributed by atoms with Crippen molar-refractivity contribution < 1.29 is 29.0 Å². The Labute approximate surface area is 124 Å². The van der Waals surface area contributed by atoms with Crippen molar-refractivity contribution in [3.63, 3.8) is 0 Å². The Morgan fingerprint density at radius 3 is 3.00 bits per heavy atom. The van der Waals surface area contributed by atoms with E-state index in [9.17, 15) is 14.4 Å². The van der Waals surface area contributed by atoms with Gasteiger partial charge in [0.1, 0.15) is 6.54 Å². The van der Waals surface area contributed by atoms with Crippen molar-refractivity contribution in [2.75, 3.05) is 32.1 Å². The van der Waals surface area contributed by atoms with E-state index in [0.717, 1.165) is 4.80 Å². The van der Waals surface area contributed by atoms with E-state index < -0.39 is 18.2 Å². The first kappa shape index (κ1) is 15.7. The highest BCUT2D eigenvalue weighted by Crippen LogP contribution is 2.07. The summed E-state index contributed by atoms with van der Waals surface area (Å²) in [6.45, 7) is 0.263. The van der Waals surface area contributed by atoms with Crippen LogP contribution >= 0.6 is 0 Å². The first-order chi connectivity index (χ1) is 10.5. The molecule has 2 rings (SSSR count). The summed E-state index contributed by atoms with van der Waals surface area (Å²) in [5.74, 6) is -1.31. The molecule has 1 fully saturated rings. The van der Waals surface area contributed by atoms with Crippen LogP contribution < -0.4 is 5.32 Å². The lowest BCUT2D eigenvalue weighted by Crippen LogP contribution is -2.49. The second-order valence-corrected chi connectivity index (χ2v) is 4.41. The lowest BCUT2D eigenvalue weighted by Gasteiger charge is -2.30. The maximum Gasteiger partial charge on any atom is 0.412 e. The minimum Gasteiger partial charge on any atom is -0.479 e. The van der Waals surface area contributed by atoms with Crippen LogP contribution in [0.4, 0.5) is 10.6 Å². The summed E-state index contributed by atoms with van der Waals surface area (Å²) in [6.07, 6.45) is -0.459. The summed E-state index contributed by atoms with van der Waals surface area (Å²) in [5.41, 5.74) is 0. The van der Waals surface area contributed by atoms with Crippen LogP contribution in [0.1, 0.15) is 0 Å². The van der Waals surface area contributed by atoms with Crippen molar-refractivity contribution in [1.29, 1.82) is 0 Å². The standard InChI is InChI=1S/C11H15N5O6/c1-21-11(20)13-8-4-12-16(14-8)6-9(17)15-2-3-22-7(5-15)10(18)19/h4,7H,2-3,5-6H2,1H3,(H,18,19)(H,13,14,20). The molecule has 2 N–H and O–H groups in total. The van der Waals surface area contributed by atoms with Crippen LogP contribution in [0.5, 0.6) is 0 Å². The van der Waals surface area contributed by atoms with Gasteiger partial charge in [-0.1, -0.05) is 0 Å². The van der Waals surface area contributed by atoms with Crippen molar-refractivity contribution >= 4 is 23.8 Å². The Bertz CT molecular complexity index is 573. The number of carboxylic acids is 1. The second kappa shape index (κ2) is 6.85. The third-order valence-electron chi connectivity index (χ3n) is 2.92. The molecule has 1 atom stereocenters. The fourth-order valence-corrected chi connectivity index (χ4v) is 1.83. The Hall–Kier alpha value is -2.69. The predicted molar refractivity (Wildman–Crippen MR) is 70.0 cm³/mol. The van der Waals surface area contributed by atoms with Crippen LogP contribution in [0.25, 0.3) is 0 Å². The zero-order valence-electron chi connectivity index (χ0n) is 11.8. The first-order valence-corrected chi connectivity index (χ1v) is 6.37. The fourth-order valence-electron chi connectivity index (χ4n) is 1.83. The molecule has 0 saturated carbocycles. The summed E-state index contributed by atoms with van der Waals surface area (Å²) in [5, 5.41) is 18.9. The van der Waals surface area contributed by atoms with Crippen LogP contribution in [0, 0.1) is 0 Å². The zero-order valence-corrected chi connectivity index (χ0v) is 11.8. The molecule has 11 nitrogen and oxygen atoms in total. The number of ether oxygens (including phenoxy) is 2. The van der Waals surface area contributed by atoms with Gasteiger partial charge in [0.25, 0.3) is 0 Å². The third-order valence-corrected chi connectivity index (χ3v) is 2.92. The molecule has 1 saturated heterocycles. The van der Waals surface area contributed by atoms with E-state index in [1.807, 2.05) is 0 Å². The molecule has 0 aliphatic carbocycles. The van der Waals surface area contributed by atoms with Crippen molar-refractivity contribution in [3.05, 3.63) is 6.20 Å². The van der Waals surface area contributed by atoms with Crippen molar-refractivity contribution in [1.82, 2.24) is 19.9 Å². The number of nitrogens with one attached hydrogen (secondary N) is 1. The minimum atomic E-state index is -1.11. The number of morpholine rings is 1. The molecule has 1 aliphatic heterocycles. The average Bonchev–Trinajstić information content (AvgIpc) is 2.94. The van der Waals surface area contributed by atoms with Gasteiger partial charge in [-0.05, 0) is 0 Å². The number of methoxy groups -OCH3 is 1. The molecule has 0 aromatic carbocycles. The number of hydrogen-bond acceptors (Lipinski definition) is 7. The summed E-state index contributed by atoms with van der Waals surface area (Å²) in [7, 11) is 1.21. The SMILES string of the molecule is COC(=O)Nc1cnn(CC(=O)N2CCOC(C(=O)O)C2)n1. The van der Waals surface area contributed by atoms with Gasteiger partial charge in [-0.25, -0.2) is 9.59 Å². The van der Waals surface area contributed by atoms with Gasteiger partial charge >= 0.3 is 12.1 Å². The summed E-state index contributed by atoms with van der Waals surface area (Å²) >= 11 is 0. The number of hydrogen-bond donors (Lipinski definition) is 2. The monoisotopic (exact) mass is 313 g/mol. The Morgan fingerprint density at radius 2 is 2.32 bits per heavy atom. The van der Waals surface area contributed by atoms with E-state index in [-0.39, 0.29) is 31.4 Å². The van der Waals surface area contributed by atoms with E-state index >= 15 is 0 Å². The van der Waals surface area contributed by atoms with Crippen molar-refractivity contribution in [2.45, 2.75) is 12.6 Å². The van der Waals surface area contributed by atoms with Gasteiger partial charge in [-0.2, -0.15) is 9.90 Å². The molecular formula is C11H15N5O6. The normalized spacial score (nSPS) is 17.9. The summed E-state index contributed by atoms with van der Waals surface area (Å²) in [6, 6.07) is 0. The Kier molecular flexibility index (Phi) is 4.88. The minimum absolute atomic E-state index is 0.0251. The van der Waals surface area contributed by atoms with Gasteiger partial charge in [0.2, 0.25) is 5.91 Å². The predicted octanol–water partition coefficient (Wildman–Crippen LogP) is -1.23. The molecule has 22 heavy (non-hydrogen) atoms. The smallest absolute Gasteiger partial charge is 0.412 e. The topological polar surface area (TPSA) is 136 Å². The van der Waals surface area contributed by atoms with Crippen molar-refractivity contribution in [3.8, 4) is 0 Å². The quantitative estimate of drug-likeness (QED) is 0.705. The molecule has 0 radical (unpaired) electrons. The number of anilines is 1. The maximum absolute atomic E-state index is 12.1.